The lowest BCUT2D eigenvalue weighted by Gasteiger charge is -2.42. The number of nitrogens with two attached hydrogens (primary N) is 1. The Balaban J connectivity index is 2.20. The van der Waals surface area contributed by atoms with Gasteiger partial charge in [-0.3, -0.25) is 9.80 Å². The second kappa shape index (κ2) is 5.85. The summed E-state index contributed by atoms with van der Waals surface area (Å²) >= 11 is 0. The van der Waals surface area contributed by atoms with Crippen molar-refractivity contribution in [1.82, 2.24) is 9.80 Å². The maximum Gasteiger partial charge on any atom is 0.416 e. The fourth-order valence-electron chi connectivity index (χ4n) is 2.88. The molecule has 1 saturated heterocycles. The van der Waals surface area contributed by atoms with Gasteiger partial charge in [-0.15, -0.1) is 0 Å². The van der Waals surface area contributed by atoms with Crippen LogP contribution < -0.4 is 5.73 Å². The molecular weight excluding hydrogens is 279 g/mol. The van der Waals surface area contributed by atoms with E-state index in [4.69, 9.17) is 5.73 Å². The molecule has 0 bridgehead atoms. The Bertz CT molecular complexity index is 489. The number of halogens is 3. The number of nitrogen functional groups attached to an aromatic ring is 1. The number of piperazine rings is 1. The van der Waals surface area contributed by atoms with Crippen molar-refractivity contribution < 1.29 is 13.2 Å². The zero-order chi connectivity index (χ0) is 15.8. The third kappa shape index (κ3) is 3.68. The van der Waals surface area contributed by atoms with Gasteiger partial charge in [-0.2, -0.15) is 13.2 Å². The normalized spacial score (nSPS) is 25.2. The van der Waals surface area contributed by atoms with Crippen LogP contribution >= 0.6 is 0 Å². The molecule has 2 N–H and O–H groups in total. The third-order valence-corrected chi connectivity index (χ3v) is 4.27. The lowest BCUT2D eigenvalue weighted by atomic mass is 10.0. The summed E-state index contributed by atoms with van der Waals surface area (Å²) in [4.78, 5) is 4.33. The average Bonchev–Trinajstić information content (AvgIpc) is 2.37. The Hall–Kier alpha value is -1.27. The molecule has 21 heavy (non-hydrogen) atoms. The van der Waals surface area contributed by atoms with Gasteiger partial charge in [0, 0.05) is 37.4 Å². The van der Waals surface area contributed by atoms with Gasteiger partial charge in [0.1, 0.15) is 0 Å². The zero-order valence-electron chi connectivity index (χ0n) is 12.6. The molecule has 1 fully saturated rings. The smallest absolute Gasteiger partial charge is 0.399 e. The van der Waals surface area contributed by atoms with E-state index in [2.05, 4.69) is 30.7 Å². The van der Waals surface area contributed by atoms with Crippen LogP contribution in [-0.4, -0.2) is 42.0 Å². The maximum atomic E-state index is 13.1. The van der Waals surface area contributed by atoms with E-state index in [-0.39, 0.29) is 5.69 Å². The molecule has 1 aromatic rings. The molecule has 2 rings (SSSR count). The van der Waals surface area contributed by atoms with Gasteiger partial charge >= 0.3 is 6.18 Å². The van der Waals surface area contributed by atoms with Gasteiger partial charge in [-0.1, -0.05) is 6.07 Å². The Kier molecular flexibility index (Phi) is 4.49. The van der Waals surface area contributed by atoms with E-state index in [1.54, 1.807) is 0 Å². The van der Waals surface area contributed by atoms with Crippen molar-refractivity contribution in [3.8, 4) is 0 Å². The van der Waals surface area contributed by atoms with Crippen molar-refractivity contribution in [2.45, 2.75) is 38.7 Å². The highest BCUT2D eigenvalue weighted by atomic mass is 19.4. The lowest BCUT2D eigenvalue weighted by Crippen LogP contribution is -2.54. The fraction of sp³-hybridized carbons (Fsp3) is 0.600. The number of benzene rings is 1. The highest BCUT2D eigenvalue weighted by molar-refractivity contribution is 5.46. The van der Waals surface area contributed by atoms with E-state index in [9.17, 15) is 13.2 Å². The van der Waals surface area contributed by atoms with Crippen LogP contribution in [0.15, 0.2) is 18.2 Å². The quantitative estimate of drug-likeness (QED) is 0.853. The second-order valence-electron chi connectivity index (χ2n) is 5.97. The van der Waals surface area contributed by atoms with Gasteiger partial charge in [0.25, 0.3) is 0 Å². The van der Waals surface area contributed by atoms with Crippen molar-refractivity contribution in [1.29, 1.82) is 0 Å². The van der Waals surface area contributed by atoms with Crippen LogP contribution in [-0.2, 0) is 12.7 Å². The second-order valence-corrected chi connectivity index (χ2v) is 5.97. The Labute approximate surface area is 123 Å². The average molecular weight is 301 g/mol. The maximum absolute atomic E-state index is 13.1. The first-order valence-corrected chi connectivity index (χ1v) is 7.08. The number of anilines is 1. The molecule has 0 radical (unpaired) electrons. The summed E-state index contributed by atoms with van der Waals surface area (Å²) in [6.07, 6.45) is -4.37. The molecular formula is C15H22F3N3. The van der Waals surface area contributed by atoms with Crippen molar-refractivity contribution in [2.75, 3.05) is 25.9 Å². The highest BCUT2D eigenvalue weighted by Gasteiger charge is 2.34. The molecule has 1 aliphatic heterocycles. The van der Waals surface area contributed by atoms with E-state index >= 15 is 0 Å². The summed E-state index contributed by atoms with van der Waals surface area (Å²) < 4.78 is 39.3. The highest BCUT2D eigenvalue weighted by Crippen LogP contribution is 2.34. The van der Waals surface area contributed by atoms with Crippen molar-refractivity contribution in [3.05, 3.63) is 29.3 Å². The van der Waals surface area contributed by atoms with E-state index in [0.717, 1.165) is 19.2 Å². The number of hydrogen-bond donors (Lipinski definition) is 1. The van der Waals surface area contributed by atoms with Gasteiger partial charge in [-0.05, 0) is 38.6 Å². The molecule has 2 unspecified atom stereocenters. The molecule has 0 saturated carbocycles. The van der Waals surface area contributed by atoms with Gasteiger partial charge in [0.15, 0.2) is 0 Å². The topological polar surface area (TPSA) is 32.5 Å². The van der Waals surface area contributed by atoms with Crippen LogP contribution in [0.4, 0.5) is 18.9 Å². The summed E-state index contributed by atoms with van der Waals surface area (Å²) in [5, 5.41) is 0. The zero-order valence-corrected chi connectivity index (χ0v) is 12.6. The molecule has 0 aromatic heterocycles. The lowest BCUT2D eigenvalue weighted by molar-refractivity contribution is -0.138. The van der Waals surface area contributed by atoms with Crippen LogP contribution in [0.1, 0.15) is 25.0 Å². The standard InChI is InChI=1S/C15H22F3N3/c1-10-7-21(8-11(2)20(10)3)9-12-4-5-13(19)6-14(12)15(16,17)18/h4-6,10-11H,7-9,19H2,1-3H3. The van der Waals surface area contributed by atoms with Gasteiger partial charge in [-0.25, -0.2) is 0 Å². The molecule has 0 aliphatic carbocycles. The molecule has 6 heteroatoms. The Morgan fingerprint density at radius 3 is 2.29 bits per heavy atom. The summed E-state index contributed by atoms with van der Waals surface area (Å²) in [6, 6.07) is 4.71. The number of rotatable bonds is 2. The molecule has 0 spiro atoms. The first-order chi connectivity index (χ1) is 9.68. The van der Waals surface area contributed by atoms with Crippen molar-refractivity contribution in [3.63, 3.8) is 0 Å². The van der Waals surface area contributed by atoms with Crippen LogP contribution in [0, 0.1) is 0 Å². The summed E-state index contributed by atoms with van der Waals surface area (Å²) in [5.74, 6) is 0. The molecule has 1 aromatic carbocycles. The van der Waals surface area contributed by atoms with Crippen LogP contribution in [0.2, 0.25) is 0 Å². The van der Waals surface area contributed by atoms with E-state index in [1.165, 1.54) is 12.1 Å². The van der Waals surface area contributed by atoms with Crippen molar-refractivity contribution >= 4 is 5.69 Å². The summed E-state index contributed by atoms with van der Waals surface area (Å²) in [7, 11) is 2.05. The molecule has 2 atom stereocenters. The first-order valence-electron chi connectivity index (χ1n) is 7.08. The molecule has 118 valence electrons. The van der Waals surface area contributed by atoms with E-state index < -0.39 is 11.7 Å². The Morgan fingerprint density at radius 1 is 1.19 bits per heavy atom. The van der Waals surface area contributed by atoms with Crippen LogP contribution in [0.3, 0.4) is 0 Å². The fourth-order valence-corrected chi connectivity index (χ4v) is 2.88. The van der Waals surface area contributed by atoms with Gasteiger partial charge < -0.3 is 5.73 Å². The van der Waals surface area contributed by atoms with Crippen LogP contribution in [0.25, 0.3) is 0 Å². The number of hydrogen-bond acceptors (Lipinski definition) is 3. The van der Waals surface area contributed by atoms with Gasteiger partial charge in [0.2, 0.25) is 0 Å². The largest absolute Gasteiger partial charge is 0.416 e. The Morgan fingerprint density at radius 2 is 1.76 bits per heavy atom. The predicted molar refractivity (Wildman–Crippen MR) is 77.8 cm³/mol. The van der Waals surface area contributed by atoms with E-state index in [1.807, 2.05) is 0 Å². The van der Waals surface area contributed by atoms with Crippen molar-refractivity contribution in [2.24, 2.45) is 0 Å². The molecule has 3 nitrogen and oxygen atoms in total. The summed E-state index contributed by atoms with van der Waals surface area (Å²) in [5.41, 5.74) is 5.31. The minimum atomic E-state index is -4.37. The summed E-state index contributed by atoms with van der Waals surface area (Å²) in [6.45, 7) is 6.02. The number of nitrogens with zero attached hydrogens (tertiary/aromatic N) is 2. The molecule has 0 amide bonds. The minimum Gasteiger partial charge on any atom is -0.399 e. The first kappa shape index (κ1) is 16.1. The predicted octanol–water partition coefficient (Wildman–Crippen LogP) is 2.81. The molecule has 1 heterocycles. The third-order valence-electron chi connectivity index (χ3n) is 4.27. The monoisotopic (exact) mass is 301 g/mol. The molecule has 1 aliphatic rings. The van der Waals surface area contributed by atoms with Crippen LogP contribution in [0.5, 0.6) is 0 Å². The van der Waals surface area contributed by atoms with Gasteiger partial charge in [0.05, 0.1) is 5.56 Å². The number of alkyl halides is 3. The minimum absolute atomic E-state index is 0.145. The SMILES string of the molecule is CC1CN(Cc2ccc(N)cc2C(F)(F)F)CC(C)N1C. The number of likely N-dealkylation sites (N-methyl/N-ethyl adjacent to an activating group) is 1. The van der Waals surface area contributed by atoms with E-state index in [0.29, 0.717) is 24.2 Å².